The molecule has 0 heterocycles. The van der Waals surface area contributed by atoms with E-state index in [2.05, 4.69) is 16.7 Å². The third-order valence-corrected chi connectivity index (χ3v) is 3.15. The lowest BCUT2D eigenvalue weighted by molar-refractivity contribution is -0.124. The summed E-state index contributed by atoms with van der Waals surface area (Å²) in [6.07, 6.45) is 1.15. The molecule has 124 valence electrons. The van der Waals surface area contributed by atoms with Crippen LogP contribution in [0.4, 0.5) is 4.79 Å². The molecule has 1 aliphatic rings. The van der Waals surface area contributed by atoms with E-state index in [1.807, 2.05) is 20.8 Å². The number of alkyl carbamates (subject to hydrolysis) is 1. The van der Waals surface area contributed by atoms with E-state index in [1.165, 1.54) is 0 Å². The number of nitrogens with one attached hydrogen (secondary N) is 2. The summed E-state index contributed by atoms with van der Waals surface area (Å²) in [5.41, 5.74) is -1.53. The van der Waals surface area contributed by atoms with E-state index >= 15 is 0 Å². The number of hydrogen-bond acceptors (Lipinski definition) is 4. The first-order valence-electron chi connectivity index (χ1n) is 7.59. The molecule has 0 spiro atoms. The average molecular weight is 309 g/mol. The molecule has 22 heavy (non-hydrogen) atoms. The highest BCUT2D eigenvalue weighted by molar-refractivity contribution is 5.87. The second-order valence-electron chi connectivity index (χ2n) is 8.15. The first kappa shape index (κ1) is 18.3. The van der Waals surface area contributed by atoms with Crippen molar-refractivity contribution in [2.24, 2.45) is 5.41 Å². The lowest BCUT2D eigenvalue weighted by Crippen LogP contribution is -2.52. The minimum atomic E-state index is -0.747. The molecular weight excluding hydrogens is 282 g/mol. The minimum Gasteiger partial charge on any atom is -0.444 e. The number of amides is 2. The van der Waals surface area contributed by atoms with Gasteiger partial charge in [0.2, 0.25) is 5.91 Å². The third kappa shape index (κ3) is 6.33. The van der Waals surface area contributed by atoms with Crippen molar-refractivity contribution in [2.45, 2.75) is 78.0 Å². The van der Waals surface area contributed by atoms with Crippen LogP contribution in [0.15, 0.2) is 0 Å². The van der Waals surface area contributed by atoms with Crippen LogP contribution in [0.3, 0.4) is 0 Å². The van der Waals surface area contributed by atoms with Crippen LogP contribution < -0.4 is 10.6 Å². The van der Waals surface area contributed by atoms with Crippen LogP contribution in [0, 0.1) is 16.7 Å². The Hall–Kier alpha value is -1.77. The second kappa shape index (κ2) is 6.15. The summed E-state index contributed by atoms with van der Waals surface area (Å²) in [5.74, 6) is -0.333. The summed E-state index contributed by atoms with van der Waals surface area (Å²) in [6, 6.07) is 1.40. The Morgan fingerprint density at radius 1 is 1.23 bits per heavy atom. The predicted octanol–water partition coefficient (Wildman–Crippen LogP) is 2.49. The molecule has 1 rings (SSSR count). The maximum absolute atomic E-state index is 12.4. The summed E-state index contributed by atoms with van der Waals surface area (Å²) in [4.78, 5) is 24.3. The van der Waals surface area contributed by atoms with Crippen LogP contribution in [-0.2, 0) is 9.53 Å². The van der Waals surface area contributed by atoms with E-state index in [9.17, 15) is 9.59 Å². The molecule has 0 aromatic heterocycles. The van der Waals surface area contributed by atoms with Gasteiger partial charge in [0, 0.05) is 0 Å². The predicted molar refractivity (Wildman–Crippen MR) is 83.0 cm³/mol. The zero-order valence-corrected chi connectivity index (χ0v) is 14.4. The SMILES string of the molecule is CC(C)(C)C[C@H](NC(=O)OC(C)(C)C)C(=O)NC1(C#N)CC1. The van der Waals surface area contributed by atoms with Gasteiger partial charge in [0.05, 0.1) is 6.07 Å². The van der Waals surface area contributed by atoms with Gasteiger partial charge >= 0.3 is 6.09 Å². The molecule has 2 amide bonds. The highest BCUT2D eigenvalue weighted by atomic mass is 16.6. The number of rotatable bonds is 4. The number of ether oxygens (including phenoxy) is 1. The fourth-order valence-corrected chi connectivity index (χ4v) is 1.98. The normalized spacial score (nSPS) is 17.9. The quantitative estimate of drug-likeness (QED) is 0.834. The van der Waals surface area contributed by atoms with Crippen LogP contribution in [-0.4, -0.2) is 29.2 Å². The highest BCUT2D eigenvalue weighted by Crippen LogP contribution is 2.34. The molecule has 6 heteroatoms. The lowest BCUT2D eigenvalue weighted by Gasteiger charge is -2.28. The molecule has 0 aromatic carbocycles. The van der Waals surface area contributed by atoms with Crippen molar-refractivity contribution >= 4 is 12.0 Å². The number of carbonyl (C=O) groups excluding carboxylic acids is 2. The Bertz CT molecular complexity index is 476. The number of nitrogens with zero attached hydrogens (tertiary/aromatic N) is 1. The van der Waals surface area contributed by atoms with Gasteiger partial charge in [-0.05, 0) is 45.4 Å². The lowest BCUT2D eigenvalue weighted by atomic mass is 9.87. The Balaban J connectivity index is 2.73. The number of hydrogen-bond donors (Lipinski definition) is 2. The van der Waals surface area contributed by atoms with Crippen molar-refractivity contribution in [1.82, 2.24) is 10.6 Å². The number of carbonyl (C=O) groups is 2. The van der Waals surface area contributed by atoms with E-state index in [4.69, 9.17) is 10.00 Å². The van der Waals surface area contributed by atoms with Gasteiger partial charge in [-0.2, -0.15) is 5.26 Å². The Morgan fingerprint density at radius 3 is 2.14 bits per heavy atom. The van der Waals surface area contributed by atoms with E-state index in [0.29, 0.717) is 19.3 Å². The molecule has 0 radical (unpaired) electrons. The Labute approximate surface area is 132 Å². The van der Waals surface area contributed by atoms with Gasteiger partial charge in [-0.25, -0.2) is 4.79 Å². The molecule has 1 atom stereocenters. The third-order valence-electron chi connectivity index (χ3n) is 3.15. The molecule has 0 aromatic rings. The second-order valence-corrected chi connectivity index (χ2v) is 8.15. The Kier molecular flexibility index (Phi) is 5.11. The molecule has 0 bridgehead atoms. The van der Waals surface area contributed by atoms with Crippen LogP contribution >= 0.6 is 0 Å². The smallest absolute Gasteiger partial charge is 0.408 e. The highest BCUT2D eigenvalue weighted by Gasteiger charge is 2.46. The zero-order chi connectivity index (χ0) is 17.2. The number of nitriles is 1. The van der Waals surface area contributed by atoms with Crippen LogP contribution in [0.5, 0.6) is 0 Å². The molecule has 1 fully saturated rings. The molecule has 0 unspecified atom stereocenters. The monoisotopic (exact) mass is 309 g/mol. The fourth-order valence-electron chi connectivity index (χ4n) is 1.98. The van der Waals surface area contributed by atoms with Gasteiger partial charge in [0.15, 0.2) is 0 Å². The topological polar surface area (TPSA) is 91.2 Å². The molecule has 6 nitrogen and oxygen atoms in total. The van der Waals surface area contributed by atoms with Gasteiger partial charge in [-0.15, -0.1) is 0 Å². The average Bonchev–Trinajstić information content (AvgIpc) is 3.04. The molecule has 0 aliphatic heterocycles. The first-order chi connectivity index (χ1) is 9.86. The molecule has 2 N–H and O–H groups in total. The van der Waals surface area contributed by atoms with Gasteiger partial charge in [-0.1, -0.05) is 20.8 Å². The van der Waals surface area contributed by atoms with E-state index in [1.54, 1.807) is 20.8 Å². The molecule has 1 aliphatic carbocycles. The van der Waals surface area contributed by atoms with Gasteiger partial charge < -0.3 is 15.4 Å². The zero-order valence-electron chi connectivity index (χ0n) is 14.4. The van der Waals surface area contributed by atoms with Crippen molar-refractivity contribution < 1.29 is 14.3 Å². The summed E-state index contributed by atoms with van der Waals surface area (Å²) in [5, 5.41) is 14.4. The maximum Gasteiger partial charge on any atom is 0.408 e. The van der Waals surface area contributed by atoms with Gasteiger partial charge in [-0.3, -0.25) is 4.79 Å². The van der Waals surface area contributed by atoms with Crippen molar-refractivity contribution in [3.63, 3.8) is 0 Å². The molecule has 0 saturated heterocycles. The summed E-state index contributed by atoms with van der Waals surface area (Å²) < 4.78 is 5.21. The van der Waals surface area contributed by atoms with Crippen molar-refractivity contribution in [2.75, 3.05) is 0 Å². The van der Waals surface area contributed by atoms with E-state index in [-0.39, 0.29) is 11.3 Å². The van der Waals surface area contributed by atoms with E-state index < -0.39 is 23.3 Å². The standard InChI is InChI=1S/C16H27N3O3/c1-14(2,3)9-11(18-13(21)22-15(4,5)6)12(20)19-16(10-17)7-8-16/h11H,7-9H2,1-6H3,(H,18,21)(H,19,20)/t11-/m0/s1. The van der Waals surface area contributed by atoms with Gasteiger partial charge in [0.25, 0.3) is 0 Å². The van der Waals surface area contributed by atoms with E-state index in [0.717, 1.165) is 0 Å². The van der Waals surface area contributed by atoms with Crippen LogP contribution in [0.25, 0.3) is 0 Å². The van der Waals surface area contributed by atoms with Gasteiger partial charge in [0.1, 0.15) is 17.2 Å². The van der Waals surface area contributed by atoms with Crippen molar-refractivity contribution in [3.8, 4) is 6.07 Å². The summed E-state index contributed by atoms with van der Waals surface area (Å²) >= 11 is 0. The minimum absolute atomic E-state index is 0.152. The van der Waals surface area contributed by atoms with Crippen molar-refractivity contribution in [3.05, 3.63) is 0 Å². The summed E-state index contributed by atoms with van der Waals surface area (Å²) in [7, 11) is 0. The first-order valence-corrected chi connectivity index (χ1v) is 7.59. The largest absolute Gasteiger partial charge is 0.444 e. The molecular formula is C16H27N3O3. The van der Waals surface area contributed by atoms with Crippen LogP contribution in [0.2, 0.25) is 0 Å². The molecule has 1 saturated carbocycles. The van der Waals surface area contributed by atoms with Crippen molar-refractivity contribution in [1.29, 1.82) is 5.26 Å². The van der Waals surface area contributed by atoms with Crippen LogP contribution in [0.1, 0.15) is 60.8 Å². The maximum atomic E-state index is 12.4. The fraction of sp³-hybridized carbons (Fsp3) is 0.812. The Morgan fingerprint density at radius 2 is 1.77 bits per heavy atom. The summed E-state index contributed by atoms with van der Waals surface area (Å²) in [6.45, 7) is 11.3.